The summed E-state index contributed by atoms with van der Waals surface area (Å²) in [6, 6.07) is 21.5. The fraction of sp³-hybridized carbons (Fsp3) is 0.355. The Morgan fingerprint density at radius 1 is 0.952 bits per heavy atom. The third kappa shape index (κ3) is 7.87. The molecule has 0 spiro atoms. The average molecular weight is 596 g/mol. The third-order valence-corrected chi connectivity index (χ3v) is 8.76. The Bertz CT molecular complexity index is 1410. The summed E-state index contributed by atoms with van der Waals surface area (Å²) in [4.78, 5) is 28.8. The van der Waals surface area contributed by atoms with E-state index in [1.165, 1.54) is 33.5 Å². The molecule has 1 fully saturated rings. The number of methoxy groups -OCH3 is 1. The van der Waals surface area contributed by atoms with Crippen LogP contribution in [0.4, 0.5) is 0 Å². The van der Waals surface area contributed by atoms with E-state index in [2.05, 4.69) is 5.32 Å². The molecular weight excluding hydrogens is 558 g/mol. The molecule has 0 bridgehead atoms. The lowest BCUT2D eigenvalue weighted by molar-refractivity contribution is -0.143. The number of rotatable bonds is 13. The third-order valence-electron chi connectivity index (χ3n) is 6.85. The van der Waals surface area contributed by atoms with Crippen LogP contribution in [-0.4, -0.2) is 76.0 Å². The van der Waals surface area contributed by atoms with Gasteiger partial charge in [0.15, 0.2) is 6.61 Å². The lowest BCUT2D eigenvalue weighted by Crippen LogP contribution is -2.45. The SMILES string of the molecule is CCCNC(=O)C(c1ccccc1)N(Cc1ccc(OC)cc1)C(=O)COc1ccc(S(=O)(=O)N2CCOCC2)cc1. The molecule has 3 aromatic rings. The van der Waals surface area contributed by atoms with Crippen molar-refractivity contribution in [3.63, 3.8) is 0 Å². The van der Waals surface area contributed by atoms with Crippen molar-refractivity contribution in [3.05, 3.63) is 90.0 Å². The average Bonchev–Trinajstić information content (AvgIpc) is 3.03. The zero-order valence-electron chi connectivity index (χ0n) is 23.9. The standard InChI is InChI=1S/C31H37N3O7S/c1-3-17-32-31(36)30(25-7-5-4-6-8-25)34(22-24-9-11-26(39-2)12-10-24)29(35)23-41-27-13-15-28(16-14-27)42(37,38)33-18-20-40-21-19-33/h4-16,30H,3,17-23H2,1-2H3,(H,32,36). The highest BCUT2D eigenvalue weighted by Gasteiger charge is 2.32. The highest BCUT2D eigenvalue weighted by molar-refractivity contribution is 7.89. The first-order valence-corrected chi connectivity index (χ1v) is 15.3. The first-order chi connectivity index (χ1) is 20.3. The highest BCUT2D eigenvalue weighted by Crippen LogP contribution is 2.26. The molecule has 11 heteroatoms. The topological polar surface area (TPSA) is 114 Å². The van der Waals surface area contributed by atoms with E-state index in [1.54, 1.807) is 19.2 Å². The van der Waals surface area contributed by atoms with E-state index in [0.29, 0.717) is 49.9 Å². The van der Waals surface area contributed by atoms with E-state index in [-0.39, 0.29) is 24.0 Å². The van der Waals surface area contributed by atoms with E-state index in [1.807, 2.05) is 49.4 Å². The molecule has 0 aromatic heterocycles. The summed E-state index contributed by atoms with van der Waals surface area (Å²) in [5.41, 5.74) is 1.48. The van der Waals surface area contributed by atoms with Gasteiger partial charge < -0.3 is 24.4 Å². The van der Waals surface area contributed by atoms with Crippen molar-refractivity contribution in [1.29, 1.82) is 0 Å². The minimum atomic E-state index is -3.65. The van der Waals surface area contributed by atoms with Gasteiger partial charge in [0.05, 0.1) is 25.2 Å². The van der Waals surface area contributed by atoms with E-state index in [0.717, 1.165) is 12.0 Å². The number of sulfonamides is 1. The molecule has 4 rings (SSSR count). The molecule has 3 aromatic carbocycles. The van der Waals surface area contributed by atoms with Crippen LogP contribution >= 0.6 is 0 Å². The van der Waals surface area contributed by atoms with Gasteiger partial charge in [-0.05, 0) is 53.9 Å². The summed E-state index contributed by atoms with van der Waals surface area (Å²) in [6.07, 6.45) is 0.750. The predicted molar refractivity (Wildman–Crippen MR) is 158 cm³/mol. The van der Waals surface area contributed by atoms with Gasteiger partial charge in [-0.15, -0.1) is 0 Å². The number of benzene rings is 3. The molecule has 1 atom stereocenters. The number of amides is 2. The van der Waals surface area contributed by atoms with Crippen molar-refractivity contribution in [3.8, 4) is 11.5 Å². The quantitative estimate of drug-likeness (QED) is 0.322. The van der Waals surface area contributed by atoms with Gasteiger partial charge in [0, 0.05) is 26.2 Å². The lowest BCUT2D eigenvalue weighted by Gasteiger charge is -2.31. The molecule has 1 heterocycles. The molecule has 1 aliphatic heterocycles. The summed E-state index contributed by atoms with van der Waals surface area (Å²) in [6.45, 7) is 3.55. The summed E-state index contributed by atoms with van der Waals surface area (Å²) < 4.78 is 43.6. The van der Waals surface area contributed by atoms with Crippen molar-refractivity contribution < 1.29 is 32.2 Å². The van der Waals surface area contributed by atoms with Gasteiger partial charge >= 0.3 is 0 Å². The second-order valence-electron chi connectivity index (χ2n) is 9.75. The van der Waals surface area contributed by atoms with Crippen molar-refractivity contribution in [1.82, 2.24) is 14.5 Å². The van der Waals surface area contributed by atoms with E-state index in [4.69, 9.17) is 14.2 Å². The number of nitrogens with one attached hydrogen (secondary N) is 1. The van der Waals surface area contributed by atoms with Gasteiger partial charge in [-0.3, -0.25) is 9.59 Å². The molecular formula is C31H37N3O7S. The largest absolute Gasteiger partial charge is 0.497 e. The van der Waals surface area contributed by atoms with Gasteiger partial charge in [0.1, 0.15) is 17.5 Å². The van der Waals surface area contributed by atoms with Crippen LogP contribution in [0.5, 0.6) is 11.5 Å². The lowest BCUT2D eigenvalue weighted by atomic mass is 10.0. The molecule has 1 saturated heterocycles. The fourth-order valence-electron chi connectivity index (χ4n) is 4.58. The maximum Gasteiger partial charge on any atom is 0.261 e. The maximum absolute atomic E-state index is 13.8. The van der Waals surface area contributed by atoms with Crippen LogP contribution in [-0.2, 0) is 30.9 Å². The van der Waals surface area contributed by atoms with Crippen LogP contribution in [0.2, 0.25) is 0 Å². The van der Waals surface area contributed by atoms with E-state index >= 15 is 0 Å². The Balaban J connectivity index is 1.55. The van der Waals surface area contributed by atoms with Crippen molar-refractivity contribution >= 4 is 21.8 Å². The van der Waals surface area contributed by atoms with Gasteiger partial charge in [-0.2, -0.15) is 4.31 Å². The Kier molecular flexibility index (Phi) is 10.9. The Hall–Kier alpha value is -3.93. The molecule has 224 valence electrons. The maximum atomic E-state index is 13.8. The molecule has 1 aliphatic rings. The number of hydrogen-bond acceptors (Lipinski definition) is 7. The molecule has 0 saturated carbocycles. The number of morpholine rings is 1. The zero-order valence-corrected chi connectivity index (χ0v) is 24.7. The van der Waals surface area contributed by atoms with Crippen LogP contribution in [0.1, 0.15) is 30.5 Å². The van der Waals surface area contributed by atoms with Gasteiger partial charge in [0.25, 0.3) is 5.91 Å². The molecule has 2 amide bonds. The van der Waals surface area contributed by atoms with Crippen LogP contribution in [0.25, 0.3) is 0 Å². The van der Waals surface area contributed by atoms with Crippen LogP contribution in [0.3, 0.4) is 0 Å². The van der Waals surface area contributed by atoms with Gasteiger partial charge in [-0.25, -0.2) is 8.42 Å². The van der Waals surface area contributed by atoms with Crippen molar-refractivity contribution in [2.75, 3.05) is 46.6 Å². The summed E-state index contributed by atoms with van der Waals surface area (Å²) in [5, 5.41) is 2.93. The minimum absolute atomic E-state index is 0.140. The van der Waals surface area contributed by atoms with E-state index in [9.17, 15) is 18.0 Å². The fourth-order valence-corrected chi connectivity index (χ4v) is 5.98. The highest BCUT2D eigenvalue weighted by atomic mass is 32.2. The van der Waals surface area contributed by atoms with Crippen molar-refractivity contribution in [2.24, 2.45) is 0 Å². The second kappa shape index (κ2) is 14.8. The minimum Gasteiger partial charge on any atom is -0.497 e. The molecule has 1 unspecified atom stereocenters. The van der Waals surface area contributed by atoms with Crippen LogP contribution in [0.15, 0.2) is 83.8 Å². The summed E-state index contributed by atoms with van der Waals surface area (Å²) in [7, 11) is -2.07. The number of ether oxygens (including phenoxy) is 3. The predicted octanol–water partition coefficient (Wildman–Crippen LogP) is 3.39. The molecule has 42 heavy (non-hydrogen) atoms. The van der Waals surface area contributed by atoms with Gasteiger partial charge in [0.2, 0.25) is 15.9 Å². The number of hydrogen-bond donors (Lipinski definition) is 1. The summed E-state index contributed by atoms with van der Waals surface area (Å²) in [5.74, 6) is 0.318. The van der Waals surface area contributed by atoms with Crippen molar-refractivity contribution in [2.45, 2.75) is 30.8 Å². The second-order valence-corrected chi connectivity index (χ2v) is 11.7. The first-order valence-electron chi connectivity index (χ1n) is 13.9. The summed E-state index contributed by atoms with van der Waals surface area (Å²) >= 11 is 0. The Morgan fingerprint density at radius 2 is 1.60 bits per heavy atom. The zero-order chi connectivity index (χ0) is 30.0. The molecule has 1 N–H and O–H groups in total. The molecule has 0 aliphatic carbocycles. The smallest absolute Gasteiger partial charge is 0.261 e. The monoisotopic (exact) mass is 595 g/mol. The Morgan fingerprint density at radius 3 is 2.21 bits per heavy atom. The number of carbonyl (C=O) groups excluding carboxylic acids is 2. The van der Waals surface area contributed by atoms with Gasteiger partial charge in [-0.1, -0.05) is 49.4 Å². The molecule has 0 radical (unpaired) electrons. The number of nitrogens with zero attached hydrogens (tertiary/aromatic N) is 2. The Labute approximate surface area is 247 Å². The first kappa shape index (κ1) is 31.0. The normalized spacial score (nSPS) is 14.5. The van der Waals surface area contributed by atoms with Crippen LogP contribution in [0, 0.1) is 0 Å². The van der Waals surface area contributed by atoms with E-state index < -0.39 is 22.0 Å². The molecule has 10 nitrogen and oxygen atoms in total. The number of carbonyl (C=O) groups is 2. The van der Waals surface area contributed by atoms with Crippen LogP contribution < -0.4 is 14.8 Å².